The number of anilines is 1. The molecule has 0 aromatic heterocycles. The molecule has 170 valence electrons. The number of carbonyl (C=O) groups is 4. The van der Waals surface area contributed by atoms with Crippen molar-refractivity contribution in [3.63, 3.8) is 0 Å². The largest absolute Gasteiger partial charge is 0.469 e. The van der Waals surface area contributed by atoms with Crippen LogP contribution in [0.4, 0.5) is 5.69 Å². The number of esters is 2. The first-order chi connectivity index (χ1) is 15.5. The zero-order chi connectivity index (χ0) is 23.4. The summed E-state index contributed by atoms with van der Waals surface area (Å²) in [6.45, 7) is 0. The molecule has 2 amide bonds. The van der Waals surface area contributed by atoms with E-state index in [1.165, 1.54) is 7.11 Å². The quantitative estimate of drug-likeness (QED) is 0.296. The van der Waals surface area contributed by atoms with Gasteiger partial charge in [0.1, 0.15) is 12.2 Å². The number of amides is 2. The molecule has 0 spiro atoms. The molecule has 2 bridgehead atoms. The van der Waals surface area contributed by atoms with E-state index in [0.717, 1.165) is 4.90 Å². The summed E-state index contributed by atoms with van der Waals surface area (Å²) in [5.41, 5.74) is 0.457. The van der Waals surface area contributed by atoms with Gasteiger partial charge in [0.25, 0.3) is 0 Å². The van der Waals surface area contributed by atoms with Crippen molar-refractivity contribution in [3.8, 4) is 0 Å². The van der Waals surface area contributed by atoms with Crippen LogP contribution in [0, 0.1) is 11.8 Å². The number of para-hydroxylation sites is 1. The molecule has 0 N–H and O–H groups in total. The van der Waals surface area contributed by atoms with E-state index in [9.17, 15) is 19.2 Å². The molecule has 13 heteroatoms. The third kappa shape index (κ3) is 4.25. The van der Waals surface area contributed by atoms with Gasteiger partial charge in [0.15, 0.2) is 12.2 Å². The fourth-order valence-electron chi connectivity index (χ4n) is 4.34. The fourth-order valence-corrected chi connectivity index (χ4v) is 4.44. The Kier molecular flexibility index (Phi) is 7.87. The number of hydrogen-bond donors (Lipinski definition) is 0. The van der Waals surface area contributed by atoms with Gasteiger partial charge in [0.05, 0.1) is 49.9 Å². The van der Waals surface area contributed by atoms with Gasteiger partial charge in [0.2, 0.25) is 11.8 Å². The predicted molar refractivity (Wildman–Crippen MR) is 115 cm³/mol. The molecule has 1 aromatic rings. The van der Waals surface area contributed by atoms with E-state index in [1.54, 1.807) is 30.3 Å². The summed E-state index contributed by atoms with van der Waals surface area (Å²) in [5.74, 6) is -3.67. The fraction of sp³-hybridized carbons (Fsp3) is 0.474. The zero-order valence-corrected chi connectivity index (χ0v) is 19.1. The molecule has 4 rings (SSSR count). The molecule has 10 nitrogen and oxygen atoms in total. The Hall–Kier alpha value is -2.48. The van der Waals surface area contributed by atoms with Crippen LogP contribution in [0.3, 0.4) is 0 Å². The van der Waals surface area contributed by atoms with Crippen molar-refractivity contribution < 1.29 is 38.2 Å². The summed E-state index contributed by atoms with van der Waals surface area (Å²) in [6, 6.07) is 8.56. The van der Waals surface area contributed by atoms with Crippen molar-refractivity contribution in [2.75, 3.05) is 12.0 Å². The molecule has 0 saturated carbocycles. The lowest BCUT2D eigenvalue weighted by Crippen LogP contribution is -2.50. The van der Waals surface area contributed by atoms with Crippen molar-refractivity contribution in [1.29, 1.82) is 0 Å². The van der Waals surface area contributed by atoms with E-state index in [2.05, 4.69) is 44.1 Å². The molecule has 6 unspecified atom stereocenters. The molecule has 0 radical (unpaired) electrons. The molecular weight excluding hydrogens is 480 g/mol. The molecular formula is C19H18N2O8S3. The van der Waals surface area contributed by atoms with Gasteiger partial charge < -0.3 is 19.0 Å². The Labute approximate surface area is 198 Å². The van der Waals surface area contributed by atoms with Crippen LogP contribution in [0.2, 0.25) is 0 Å². The van der Waals surface area contributed by atoms with Crippen LogP contribution in [0.1, 0.15) is 12.8 Å². The smallest absolute Gasteiger partial charge is 0.306 e. The molecule has 3 aliphatic heterocycles. The van der Waals surface area contributed by atoms with Crippen LogP contribution < -0.4 is 4.90 Å². The van der Waals surface area contributed by atoms with Crippen molar-refractivity contribution in [2.45, 2.75) is 37.3 Å². The van der Waals surface area contributed by atoms with Gasteiger partial charge in [-0.05, 0) is 16.7 Å². The minimum Gasteiger partial charge on any atom is -0.469 e. The number of benzene rings is 1. The summed E-state index contributed by atoms with van der Waals surface area (Å²) < 4.78 is 19.0. The lowest BCUT2D eigenvalue weighted by Gasteiger charge is -2.30. The highest BCUT2D eigenvalue weighted by Gasteiger charge is 2.71. The number of hydrogen-bond acceptors (Lipinski definition) is 12. The van der Waals surface area contributed by atoms with Gasteiger partial charge in [-0.1, -0.05) is 18.2 Å². The van der Waals surface area contributed by atoms with E-state index in [-0.39, 0.29) is 12.8 Å². The van der Waals surface area contributed by atoms with Crippen molar-refractivity contribution in [1.82, 2.24) is 0 Å². The first kappa shape index (κ1) is 24.2. The first-order valence-corrected chi connectivity index (χ1v) is 11.2. The maximum Gasteiger partial charge on any atom is 0.306 e. The maximum absolute atomic E-state index is 13.1. The SMILES string of the molecule is COC(=O)CCC(=O)OC1C(ON=S)C2OC1C1C(=O)N(c3ccccc3)C(=O)C21.S=S. The molecule has 0 aliphatic carbocycles. The van der Waals surface area contributed by atoms with Crippen molar-refractivity contribution in [2.24, 2.45) is 16.4 Å². The van der Waals surface area contributed by atoms with Crippen molar-refractivity contribution >= 4 is 64.2 Å². The van der Waals surface area contributed by atoms with Gasteiger partial charge in [-0.3, -0.25) is 19.2 Å². The molecule has 3 heterocycles. The Balaban J connectivity index is 0.00000141. The number of methoxy groups -OCH3 is 1. The van der Waals surface area contributed by atoms with Crippen LogP contribution in [0.15, 0.2) is 34.9 Å². The number of ether oxygens (including phenoxy) is 3. The lowest BCUT2D eigenvalue weighted by atomic mass is 9.78. The van der Waals surface area contributed by atoms with Crippen LogP contribution in [0.25, 0.3) is 0 Å². The van der Waals surface area contributed by atoms with E-state index in [0.29, 0.717) is 5.69 Å². The monoisotopic (exact) mass is 498 g/mol. The van der Waals surface area contributed by atoms with Gasteiger partial charge in [-0.25, -0.2) is 4.90 Å². The highest BCUT2D eigenvalue weighted by molar-refractivity contribution is 8.07. The number of rotatable bonds is 7. The van der Waals surface area contributed by atoms with Crippen LogP contribution in [-0.2, 0) is 73.0 Å². The number of fused-ring (bicyclic) bond motifs is 5. The molecule has 32 heavy (non-hydrogen) atoms. The number of imide groups is 1. The van der Waals surface area contributed by atoms with Crippen LogP contribution in [0.5, 0.6) is 0 Å². The average molecular weight is 499 g/mol. The minimum absolute atomic E-state index is 0.154. The van der Waals surface area contributed by atoms with E-state index in [4.69, 9.17) is 14.3 Å². The van der Waals surface area contributed by atoms with Crippen LogP contribution >= 0.6 is 0 Å². The summed E-state index contributed by atoms with van der Waals surface area (Å²) in [7, 11) is 1.22. The number of carbonyl (C=O) groups excluding carboxylic acids is 4. The van der Waals surface area contributed by atoms with E-state index < -0.39 is 60.0 Å². The highest BCUT2D eigenvalue weighted by Crippen LogP contribution is 2.51. The normalized spacial score (nSPS) is 29.6. The second-order valence-electron chi connectivity index (χ2n) is 7.14. The highest BCUT2D eigenvalue weighted by atomic mass is 32.8. The topological polar surface area (TPSA) is 121 Å². The summed E-state index contributed by atoms with van der Waals surface area (Å²) in [6.07, 6.45) is -4.00. The van der Waals surface area contributed by atoms with Gasteiger partial charge in [0, 0.05) is 22.4 Å². The van der Waals surface area contributed by atoms with Gasteiger partial charge in [-0.2, -0.15) is 0 Å². The minimum atomic E-state index is -0.986. The second kappa shape index (κ2) is 10.4. The lowest BCUT2D eigenvalue weighted by molar-refractivity contribution is -0.164. The maximum atomic E-state index is 13.1. The Bertz CT molecular complexity index is 917. The third-order valence-corrected chi connectivity index (χ3v) is 5.69. The average Bonchev–Trinajstić information content (AvgIpc) is 3.44. The predicted octanol–water partition coefficient (Wildman–Crippen LogP) is 0.464. The second-order valence-corrected chi connectivity index (χ2v) is 7.29. The third-order valence-electron chi connectivity index (χ3n) is 5.60. The molecule has 6 atom stereocenters. The Morgan fingerprint density at radius 1 is 1.00 bits per heavy atom. The standard InChI is InChI=1S/C19H18N2O8S.S2/c1-26-10(22)7-8-11(23)27-16-14-12-13(15(28-14)17(16)29-20-30)19(25)21(18(12)24)9-5-3-2-4-6-9;1-2/h2-6,12-17H,7-8H2,1H3;. The Morgan fingerprint density at radius 3 is 2.12 bits per heavy atom. The molecule has 1 aromatic carbocycles. The van der Waals surface area contributed by atoms with Gasteiger partial charge >= 0.3 is 11.9 Å². The zero-order valence-electron chi connectivity index (χ0n) is 16.7. The van der Waals surface area contributed by atoms with Crippen molar-refractivity contribution in [3.05, 3.63) is 30.3 Å². The van der Waals surface area contributed by atoms with Gasteiger partial charge in [-0.15, -0.1) is 0 Å². The number of nitrogens with zero attached hydrogens (tertiary/aromatic N) is 2. The first-order valence-electron chi connectivity index (χ1n) is 9.47. The van der Waals surface area contributed by atoms with Crippen LogP contribution in [-0.4, -0.2) is 55.3 Å². The summed E-state index contributed by atoms with van der Waals surface area (Å²) in [4.78, 5) is 55.9. The molecule has 3 saturated heterocycles. The summed E-state index contributed by atoms with van der Waals surface area (Å²) in [5, 5.41) is 0. The summed E-state index contributed by atoms with van der Waals surface area (Å²) >= 11 is 11.9. The molecule has 3 fully saturated rings. The van der Waals surface area contributed by atoms with E-state index in [1.807, 2.05) is 0 Å². The molecule has 3 aliphatic rings. The van der Waals surface area contributed by atoms with E-state index >= 15 is 0 Å². The Morgan fingerprint density at radius 2 is 1.56 bits per heavy atom.